The quantitative estimate of drug-likeness (QED) is 0.754. The first kappa shape index (κ1) is 9.98. The molecular formula is C11H12O4. The molecule has 0 amide bonds. The molecule has 0 saturated heterocycles. The van der Waals surface area contributed by atoms with Crippen LogP contribution in [0.25, 0.3) is 0 Å². The molecule has 0 saturated carbocycles. The number of methoxy groups -OCH3 is 1. The average Bonchev–Trinajstić information content (AvgIpc) is 2.25. The van der Waals surface area contributed by atoms with Crippen LogP contribution >= 0.6 is 0 Å². The first-order valence-corrected chi connectivity index (χ1v) is 4.70. The number of hydrogen-bond acceptors (Lipinski definition) is 4. The van der Waals surface area contributed by atoms with Crippen molar-refractivity contribution in [3.05, 3.63) is 23.8 Å². The number of aliphatic hydroxyl groups excluding tert-OH is 1. The Bertz CT molecular complexity index is 400. The topological polar surface area (TPSA) is 55.8 Å². The number of hydrogen-bond donors (Lipinski definition) is 1. The smallest absolute Gasteiger partial charge is 0.207 e. The zero-order valence-electron chi connectivity index (χ0n) is 8.56. The maximum absolute atomic E-state index is 11.7. The Hall–Kier alpha value is -1.55. The van der Waals surface area contributed by atoms with Gasteiger partial charge in [-0.3, -0.25) is 4.79 Å². The molecule has 0 spiro atoms. The highest BCUT2D eigenvalue weighted by molar-refractivity contribution is 6.01. The third-order valence-corrected chi connectivity index (χ3v) is 2.54. The number of fused-ring (bicyclic) bond motifs is 1. The predicted octanol–water partition coefficient (Wildman–Crippen LogP) is 1.22. The van der Waals surface area contributed by atoms with E-state index in [-0.39, 0.29) is 5.78 Å². The molecule has 15 heavy (non-hydrogen) atoms. The molecule has 0 aliphatic carbocycles. The van der Waals surface area contributed by atoms with Crippen molar-refractivity contribution in [2.75, 3.05) is 7.11 Å². The second kappa shape index (κ2) is 3.55. The van der Waals surface area contributed by atoms with E-state index in [0.717, 1.165) is 0 Å². The fraction of sp³-hybridized carbons (Fsp3) is 0.364. The zero-order chi connectivity index (χ0) is 11.0. The maximum atomic E-state index is 11.7. The van der Waals surface area contributed by atoms with E-state index in [1.165, 1.54) is 7.11 Å². The summed E-state index contributed by atoms with van der Waals surface area (Å²) in [5, 5.41) is 9.47. The van der Waals surface area contributed by atoms with Crippen molar-refractivity contribution in [3.8, 4) is 11.5 Å². The maximum Gasteiger partial charge on any atom is 0.207 e. The largest absolute Gasteiger partial charge is 0.497 e. The van der Waals surface area contributed by atoms with Crippen molar-refractivity contribution >= 4 is 5.78 Å². The lowest BCUT2D eigenvalue weighted by Crippen LogP contribution is -2.35. The molecule has 80 valence electrons. The summed E-state index contributed by atoms with van der Waals surface area (Å²) in [5.74, 6) is 0.352. The molecule has 1 aromatic carbocycles. The fourth-order valence-electron chi connectivity index (χ4n) is 1.54. The molecule has 2 rings (SSSR count). The van der Waals surface area contributed by atoms with E-state index in [9.17, 15) is 9.90 Å². The number of aliphatic hydroxyl groups is 1. The second-order valence-electron chi connectivity index (χ2n) is 3.52. The van der Waals surface area contributed by atoms with Gasteiger partial charge in [0.1, 0.15) is 11.5 Å². The molecule has 2 atom stereocenters. The van der Waals surface area contributed by atoms with E-state index in [0.29, 0.717) is 17.1 Å². The highest BCUT2D eigenvalue weighted by atomic mass is 16.6. The Labute approximate surface area is 87.4 Å². The molecule has 0 aromatic heterocycles. The van der Waals surface area contributed by atoms with Gasteiger partial charge in [0.25, 0.3) is 0 Å². The highest BCUT2D eigenvalue weighted by Gasteiger charge is 2.32. The van der Waals surface area contributed by atoms with Crippen molar-refractivity contribution in [1.82, 2.24) is 0 Å². The summed E-state index contributed by atoms with van der Waals surface area (Å²) in [6.45, 7) is 1.64. The van der Waals surface area contributed by atoms with Crippen LogP contribution in [0.2, 0.25) is 0 Å². The Kier molecular flexibility index (Phi) is 2.36. The van der Waals surface area contributed by atoms with Crippen LogP contribution in [0.3, 0.4) is 0 Å². The van der Waals surface area contributed by atoms with Crippen molar-refractivity contribution in [3.63, 3.8) is 0 Å². The van der Waals surface area contributed by atoms with Crippen LogP contribution < -0.4 is 9.47 Å². The third-order valence-electron chi connectivity index (χ3n) is 2.54. The van der Waals surface area contributed by atoms with Crippen LogP contribution in [-0.2, 0) is 0 Å². The molecule has 0 radical (unpaired) electrons. The van der Waals surface area contributed by atoms with E-state index in [1.54, 1.807) is 25.1 Å². The molecule has 1 heterocycles. The van der Waals surface area contributed by atoms with Gasteiger partial charge >= 0.3 is 0 Å². The van der Waals surface area contributed by atoms with Crippen LogP contribution in [0.5, 0.6) is 11.5 Å². The molecule has 1 N–H and O–H groups in total. The van der Waals surface area contributed by atoms with Crippen molar-refractivity contribution in [1.29, 1.82) is 0 Å². The minimum atomic E-state index is -1.07. The van der Waals surface area contributed by atoms with E-state index < -0.39 is 12.2 Å². The van der Waals surface area contributed by atoms with E-state index >= 15 is 0 Å². The molecule has 1 aromatic rings. The lowest BCUT2D eigenvalue weighted by atomic mass is 9.95. The summed E-state index contributed by atoms with van der Waals surface area (Å²) >= 11 is 0. The van der Waals surface area contributed by atoms with E-state index in [4.69, 9.17) is 9.47 Å². The summed E-state index contributed by atoms with van der Waals surface area (Å²) in [6, 6.07) is 4.95. The molecule has 0 fully saturated rings. The number of ether oxygens (including phenoxy) is 2. The summed E-state index contributed by atoms with van der Waals surface area (Å²) < 4.78 is 10.2. The zero-order valence-corrected chi connectivity index (χ0v) is 8.56. The standard InChI is InChI=1S/C11H12O4/c1-6-10(12)8-4-3-7(14-2)5-9(8)15-11(6)13/h3-6,11,13H,1-2H3/t6-,11-/m0/s1. The Morgan fingerprint density at radius 2 is 2.20 bits per heavy atom. The van der Waals surface area contributed by atoms with Crippen LogP contribution in [0.15, 0.2) is 18.2 Å². The number of rotatable bonds is 1. The monoisotopic (exact) mass is 208 g/mol. The van der Waals surface area contributed by atoms with Gasteiger partial charge in [-0.15, -0.1) is 0 Å². The summed E-state index contributed by atoms with van der Waals surface area (Å²) in [6.07, 6.45) is -1.07. The van der Waals surface area contributed by atoms with Gasteiger partial charge < -0.3 is 14.6 Å². The molecule has 4 heteroatoms. The van der Waals surface area contributed by atoms with Gasteiger partial charge in [0.2, 0.25) is 6.29 Å². The Morgan fingerprint density at radius 1 is 1.47 bits per heavy atom. The molecule has 1 aliphatic rings. The van der Waals surface area contributed by atoms with Gasteiger partial charge in [0.15, 0.2) is 5.78 Å². The SMILES string of the molecule is COc1ccc2c(c1)O[C@H](O)[C@@H](C)C2=O. The summed E-state index contributed by atoms with van der Waals surface area (Å²) in [5.41, 5.74) is 0.494. The predicted molar refractivity (Wildman–Crippen MR) is 53.1 cm³/mol. The van der Waals surface area contributed by atoms with Gasteiger partial charge in [-0.1, -0.05) is 0 Å². The lowest BCUT2D eigenvalue weighted by Gasteiger charge is -2.26. The van der Waals surface area contributed by atoms with Crippen LogP contribution in [0.4, 0.5) is 0 Å². The van der Waals surface area contributed by atoms with E-state index in [1.807, 2.05) is 0 Å². The Morgan fingerprint density at radius 3 is 2.87 bits per heavy atom. The summed E-state index contributed by atoms with van der Waals surface area (Å²) in [7, 11) is 1.53. The number of Topliss-reactive ketones (excluding diaryl/α,β-unsaturated/α-hetero) is 1. The van der Waals surface area contributed by atoms with Gasteiger partial charge in [-0.05, 0) is 19.1 Å². The Balaban J connectivity index is 2.46. The minimum Gasteiger partial charge on any atom is -0.497 e. The number of carbonyl (C=O) groups is 1. The first-order chi connectivity index (χ1) is 7.13. The number of carbonyl (C=O) groups excluding carboxylic acids is 1. The van der Waals surface area contributed by atoms with Gasteiger partial charge in [0, 0.05) is 6.07 Å². The molecule has 1 aliphatic heterocycles. The summed E-state index contributed by atoms with van der Waals surface area (Å²) in [4.78, 5) is 11.7. The minimum absolute atomic E-state index is 0.105. The van der Waals surface area contributed by atoms with Crippen LogP contribution in [0.1, 0.15) is 17.3 Å². The van der Waals surface area contributed by atoms with Gasteiger partial charge in [-0.25, -0.2) is 0 Å². The van der Waals surface area contributed by atoms with Crippen molar-refractivity contribution in [2.45, 2.75) is 13.2 Å². The molecular weight excluding hydrogens is 196 g/mol. The third kappa shape index (κ3) is 1.57. The second-order valence-corrected chi connectivity index (χ2v) is 3.52. The number of ketones is 1. The normalized spacial score (nSPS) is 24.3. The fourth-order valence-corrected chi connectivity index (χ4v) is 1.54. The van der Waals surface area contributed by atoms with Crippen LogP contribution in [0, 0.1) is 5.92 Å². The molecule has 0 bridgehead atoms. The van der Waals surface area contributed by atoms with Crippen molar-refractivity contribution in [2.24, 2.45) is 5.92 Å². The van der Waals surface area contributed by atoms with Crippen LogP contribution in [-0.4, -0.2) is 24.3 Å². The molecule has 0 unspecified atom stereocenters. The lowest BCUT2D eigenvalue weighted by molar-refractivity contribution is -0.0545. The number of benzene rings is 1. The average molecular weight is 208 g/mol. The first-order valence-electron chi connectivity index (χ1n) is 4.70. The highest BCUT2D eigenvalue weighted by Crippen LogP contribution is 2.32. The molecule has 4 nitrogen and oxygen atoms in total. The van der Waals surface area contributed by atoms with Crippen molar-refractivity contribution < 1.29 is 19.4 Å². The van der Waals surface area contributed by atoms with Gasteiger partial charge in [0.05, 0.1) is 18.6 Å². The van der Waals surface area contributed by atoms with Gasteiger partial charge in [-0.2, -0.15) is 0 Å². The van der Waals surface area contributed by atoms with E-state index in [2.05, 4.69) is 0 Å².